The van der Waals surface area contributed by atoms with E-state index in [1.54, 1.807) is 12.2 Å². The van der Waals surface area contributed by atoms with Crippen molar-refractivity contribution < 1.29 is 23.8 Å². The van der Waals surface area contributed by atoms with Crippen molar-refractivity contribution >= 4 is 29.2 Å². The molecule has 8 aromatic carbocycles. The highest BCUT2D eigenvalue weighted by atomic mass is 16.5. The molecule has 0 unspecified atom stereocenters. The number of aliphatic hydroxyl groups excluding tert-OH is 1. The first-order valence-electron chi connectivity index (χ1n) is 23.1. The number of allylic oxidation sites excluding steroid dienone is 6. The highest BCUT2D eigenvalue weighted by Gasteiger charge is 2.36. The Morgan fingerprint density at radius 2 is 0.671 bits per heavy atom. The lowest BCUT2D eigenvalue weighted by molar-refractivity contribution is -0.131. The van der Waals surface area contributed by atoms with Crippen LogP contribution in [0.3, 0.4) is 0 Å². The quantitative estimate of drug-likeness (QED) is 0.0841. The summed E-state index contributed by atoms with van der Waals surface area (Å²) in [4.78, 5) is 27.9. The van der Waals surface area contributed by atoms with E-state index in [9.17, 15) is 14.7 Å². The molecule has 1 aliphatic carbocycles. The van der Waals surface area contributed by atoms with Crippen molar-refractivity contribution in [2.75, 3.05) is 0 Å². The van der Waals surface area contributed by atoms with Gasteiger partial charge in [-0.2, -0.15) is 0 Å². The van der Waals surface area contributed by atoms with Gasteiger partial charge in [0.1, 0.15) is 17.3 Å². The van der Waals surface area contributed by atoms with Gasteiger partial charge in [-0.3, -0.25) is 9.59 Å². The Hall–Kier alpha value is -9.45. The SMILES string of the molecule is O=C1C(=O)/C(=C\c2cc(-c3ccc(-c4ccccc4)cc3)[o+]c(-c3ccc(-c4ccccc4)cc3)c2)C(O)=C1C=C1C=C(c2ccc(-c3ccccc3)cc2)OC(c2ccc(-c3ccccc3)cc2)=C1. The molecule has 70 heavy (non-hydrogen) atoms. The average molecular weight is 904 g/mol. The van der Waals surface area contributed by atoms with Gasteiger partial charge >= 0.3 is 11.5 Å². The summed E-state index contributed by atoms with van der Waals surface area (Å²) in [6.07, 6.45) is 6.77. The van der Waals surface area contributed by atoms with Crippen LogP contribution < -0.4 is 0 Å². The standard InChI is InChI=1S/C65H42O5/c66-63-57(37-43-39-59(53-29-21-49(22-30-53)45-13-5-1-6-14-45)69-60(40-43)54-31-23-50(24-32-54)46-15-7-2-8-16-46)64(67)65(68)58(63)38-44-41-61(55-33-25-51(26-34-55)47-17-9-3-10-18-47)70-62(42-44)56-35-27-52(28-36-56)48-19-11-4-12-20-48/h1-42H/p+1. The Morgan fingerprint density at radius 1 is 0.357 bits per heavy atom. The molecule has 0 atom stereocenters. The smallest absolute Gasteiger partial charge is 0.361 e. The number of hydrogen-bond acceptors (Lipinski definition) is 4. The predicted octanol–water partition coefficient (Wildman–Crippen LogP) is 15.9. The number of carbonyl (C=O) groups is 2. The van der Waals surface area contributed by atoms with Crippen molar-refractivity contribution in [1.29, 1.82) is 0 Å². The Kier molecular flexibility index (Phi) is 11.7. The number of benzene rings is 8. The first kappa shape index (κ1) is 43.1. The Labute approximate surface area is 406 Å². The van der Waals surface area contributed by atoms with Crippen LogP contribution in [0.25, 0.3) is 84.7 Å². The molecular weight excluding hydrogens is 861 g/mol. The fraction of sp³-hybridized carbons (Fsp3) is 0. The van der Waals surface area contributed by atoms with Crippen molar-refractivity contribution in [3.8, 4) is 67.2 Å². The lowest BCUT2D eigenvalue weighted by Gasteiger charge is -2.19. The maximum absolute atomic E-state index is 14.0. The molecule has 332 valence electrons. The molecular formula is C65H43O5+. The summed E-state index contributed by atoms with van der Waals surface area (Å²) in [6.45, 7) is 0. The summed E-state index contributed by atoms with van der Waals surface area (Å²) >= 11 is 0. The van der Waals surface area contributed by atoms with E-state index >= 15 is 0 Å². The number of hydrogen-bond donors (Lipinski definition) is 1. The summed E-state index contributed by atoms with van der Waals surface area (Å²) in [5.74, 6) is 0.174. The van der Waals surface area contributed by atoms with E-state index < -0.39 is 17.3 Å². The molecule has 0 radical (unpaired) electrons. The van der Waals surface area contributed by atoms with Crippen LogP contribution in [0.1, 0.15) is 16.7 Å². The minimum Gasteiger partial charge on any atom is -0.506 e. The second-order valence-electron chi connectivity index (χ2n) is 17.1. The molecule has 1 aromatic heterocycles. The Bertz CT molecular complexity index is 3360. The monoisotopic (exact) mass is 903 g/mol. The molecule has 2 heterocycles. The fourth-order valence-electron chi connectivity index (χ4n) is 8.82. The minimum absolute atomic E-state index is 0.104. The molecule has 9 aromatic rings. The number of Topliss-reactive ketones (excluding diaryl/α,β-unsaturated/α-hetero) is 2. The minimum atomic E-state index is -0.805. The molecule has 0 amide bonds. The normalized spacial score (nSPS) is 14.1. The van der Waals surface area contributed by atoms with E-state index in [0.29, 0.717) is 34.2 Å². The summed E-state index contributed by atoms with van der Waals surface area (Å²) in [6, 6.07) is 76.5. The molecule has 5 nitrogen and oxygen atoms in total. The van der Waals surface area contributed by atoms with E-state index in [4.69, 9.17) is 9.15 Å². The first-order valence-corrected chi connectivity index (χ1v) is 23.1. The van der Waals surface area contributed by atoms with Gasteiger partial charge in [0.15, 0.2) is 0 Å². The molecule has 11 rings (SSSR count). The van der Waals surface area contributed by atoms with Crippen molar-refractivity contribution in [2.24, 2.45) is 0 Å². The maximum atomic E-state index is 14.0. The molecule has 0 bridgehead atoms. The summed E-state index contributed by atoms with van der Waals surface area (Å²) in [5, 5.41) is 11.9. The lowest BCUT2D eigenvalue weighted by Crippen LogP contribution is -2.09. The van der Waals surface area contributed by atoms with Crippen LogP contribution in [0.2, 0.25) is 0 Å². The number of ketones is 2. The van der Waals surface area contributed by atoms with Crippen molar-refractivity contribution in [3.05, 3.63) is 288 Å². The molecule has 1 aliphatic heterocycles. The van der Waals surface area contributed by atoms with Gasteiger partial charge in [0.2, 0.25) is 11.6 Å². The molecule has 2 aliphatic rings. The van der Waals surface area contributed by atoms with E-state index in [1.807, 2.05) is 194 Å². The molecule has 5 heteroatoms. The van der Waals surface area contributed by atoms with E-state index in [0.717, 1.165) is 66.8 Å². The summed E-state index contributed by atoms with van der Waals surface area (Å²) in [5.41, 5.74) is 12.8. The van der Waals surface area contributed by atoms with E-state index in [1.165, 1.54) is 0 Å². The van der Waals surface area contributed by atoms with Crippen LogP contribution in [-0.2, 0) is 14.3 Å². The van der Waals surface area contributed by atoms with Gasteiger partial charge in [-0.1, -0.05) is 194 Å². The van der Waals surface area contributed by atoms with Gasteiger partial charge in [-0.05, 0) is 104 Å². The second-order valence-corrected chi connectivity index (χ2v) is 17.1. The predicted molar refractivity (Wildman–Crippen MR) is 281 cm³/mol. The van der Waals surface area contributed by atoms with Gasteiger partial charge in [0, 0.05) is 11.1 Å². The maximum Gasteiger partial charge on any atom is 0.361 e. The van der Waals surface area contributed by atoms with Crippen LogP contribution in [-0.4, -0.2) is 16.7 Å². The molecule has 0 saturated heterocycles. The zero-order chi connectivity index (χ0) is 47.4. The average Bonchev–Trinajstić information content (AvgIpc) is 3.63. The van der Waals surface area contributed by atoms with Gasteiger partial charge in [-0.25, -0.2) is 4.42 Å². The van der Waals surface area contributed by atoms with E-state index in [-0.39, 0.29) is 11.1 Å². The fourth-order valence-corrected chi connectivity index (χ4v) is 8.82. The van der Waals surface area contributed by atoms with Crippen molar-refractivity contribution in [1.82, 2.24) is 0 Å². The molecule has 0 spiro atoms. The van der Waals surface area contributed by atoms with Crippen LogP contribution in [0, 0.1) is 0 Å². The van der Waals surface area contributed by atoms with Gasteiger partial charge in [0.05, 0.1) is 34.4 Å². The van der Waals surface area contributed by atoms with Crippen molar-refractivity contribution in [3.63, 3.8) is 0 Å². The van der Waals surface area contributed by atoms with Crippen LogP contribution in [0.15, 0.2) is 276 Å². The van der Waals surface area contributed by atoms with E-state index in [2.05, 4.69) is 48.5 Å². The third-order valence-corrected chi connectivity index (χ3v) is 12.6. The van der Waals surface area contributed by atoms with Crippen LogP contribution in [0.4, 0.5) is 0 Å². The summed E-state index contributed by atoms with van der Waals surface area (Å²) < 4.78 is 13.2. The van der Waals surface area contributed by atoms with Crippen LogP contribution >= 0.6 is 0 Å². The molecule has 1 N–H and O–H groups in total. The zero-order valence-electron chi connectivity index (χ0n) is 37.8. The largest absolute Gasteiger partial charge is 0.506 e. The molecule has 0 saturated carbocycles. The van der Waals surface area contributed by atoms with Gasteiger partial charge < -0.3 is 9.84 Å². The number of ether oxygens (including phenoxy) is 1. The first-order chi connectivity index (χ1) is 34.4. The Morgan fingerprint density at radius 3 is 1.03 bits per heavy atom. The van der Waals surface area contributed by atoms with Gasteiger partial charge in [0.25, 0.3) is 0 Å². The summed E-state index contributed by atoms with van der Waals surface area (Å²) in [7, 11) is 0. The third-order valence-electron chi connectivity index (χ3n) is 12.6. The topological polar surface area (TPSA) is 74.9 Å². The lowest BCUT2D eigenvalue weighted by atomic mass is 9.99. The Balaban J connectivity index is 0.978. The van der Waals surface area contributed by atoms with Gasteiger partial charge in [-0.15, -0.1) is 0 Å². The number of aliphatic hydroxyl groups is 1. The highest BCUT2D eigenvalue weighted by Crippen LogP contribution is 2.38. The zero-order valence-corrected chi connectivity index (χ0v) is 37.8. The highest BCUT2D eigenvalue weighted by molar-refractivity contribution is 6.54. The molecule has 0 fully saturated rings. The van der Waals surface area contributed by atoms with Crippen LogP contribution in [0.5, 0.6) is 0 Å². The number of carbonyl (C=O) groups excluding carboxylic acids is 2. The second kappa shape index (κ2) is 19.0. The van der Waals surface area contributed by atoms with Crippen molar-refractivity contribution in [2.45, 2.75) is 0 Å². The third kappa shape index (κ3) is 9.03. The number of rotatable bonds is 10.